The zero-order chi connectivity index (χ0) is 22.1. The molecular formula is C23H29FN2O3S. The molecule has 7 heteroatoms. The van der Waals surface area contributed by atoms with Crippen molar-refractivity contribution in [1.29, 1.82) is 0 Å². The third-order valence-corrected chi connectivity index (χ3v) is 7.63. The lowest BCUT2D eigenvalue weighted by atomic mass is 9.78. The number of carbonyl (C=O) groups excluding carboxylic acids is 1. The first-order valence-corrected chi connectivity index (χ1v) is 11.8. The van der Waals surface area contributed by atoms with Crippen molar-refractivity contribution in [1.82, 2.24) is 4.72 Å². The van der Waals surface area contributed by atoms with Gasteiger partial charge in [-0.3, -0.25) is 4.79 Å². The van der Waals surface area contributed by atoms with Crippen molar-refractivity contribution in [3.63, 3.8) is 0 Å². The molecule has 1 aliphatic rings. The van der Waals surface area contributed by atoms with Crippen LogP contribution in [-0.2, 0) is 10.0 Å². The Bertz CT molecular complexity index is 1050. The molecule has 30 heavy (non-hydrogen) atoms. The Labute approximate surface area is 178 Å². The van der Waals surface area contributed by atoms with E-state index in [-0.39, 0.29) is 22.4 Å². The van der Waals surface area contributed by atoms with Crippen molar-refractivity contribution < 1.29 is 17.6 Å². The number of benzene rings is 2. The predicted molar refractivity (Wildman–Crippen MR) is 117 cm³/mol. The molecule has 0 radical (unpaired) electrons. The van der Waals surface area contributed by atoms with Crippen LogP contribution < -0.4 is 10.0 Å². The van der Waals surface area contributed by atoms with Gasteiger partial charge in [-0.15, -0.1) is 0 Å². The maximum Gasteiger partial charge on any atom is 0.258 e. The number of hydrogen-bond acceptors (Lipinski definition) is 3. The Hall–Kier alpha value is -2.25. The van der Waals surface area contributed by atoms with E-state index in [1.807, 2.05) is 32.9 Å². The topological polar surface area (TPSA) is 75.3 Å². The van der Waals surface area contributed by atoms with Crippen molar-refractivity contribution in [3.8, 4) is 0 Å². The SMILES string of the molecule is Cc1ccc(C)c(NC(=O)c2cc(S(=O)(=O)N[C@@H]3CCC[C@@H](C)[C@@H]3C)ccc2F)c1. The van der Waals surface area contributed by atoms with E-state index in [1.54, 1.807) is 6.07 Å². The molecule has 0 heterocycles. The van der Waals surface area contributed by atoms with E-state index < -0.39 is 21.7 Å². The normalized spacial score (nSPS) is 22.0. The number of hydrogen-bond donors (Lipinski definition) is 2. The average molecular weight is 433 g/mol. The first kappa shape index (κ1) is 22.4. The maximum absolute atomic E-state index is 14.4. The van der Waals surface area contributed by atoms with E-state index in [1.165, 1.54) is 6.07 Å². The van der Waals surface area contributed by atoms with Gasteiger partial charge in [-0.05, 0) is 67.5 Å². The van der Waals surface area contributed by atoms with Crippen LogP contribution in [0.3, 0.4) is 0 Å². The summed E-state index contributed by atoms with van der Waals surface area (Å²) in [6.45, 7) is 7.90. The number of halogens is 1. The number of carbonyl (C=O) groups is 1. The number of rotatable bonds is 5. The lowest BCUT2D eigenvalue weighted by molar-refractivity contribution is 0.102. The van der Waals surface area contributed by atoms with Crippen molar-refractivity contribution >= 4 is 21.6 Å². The summed E-state index contributed by atoms with van der Waals surface area (Å²) in [5.74, 6) is -0.811. The summed E-state index contributed by atoms with van der Waals surface area (Å²) in [4.78, 5) is 12.6. The maximum atomic E-state index is 14.4. The van der Waals surface area contributed by atoms with Crippen LogP contribution in [0.5, 0.6) is 0 Å². The molecule has 1 aliphatic carbocycles. The van der Waals surface area contributed by atoms with E-state index in [2.05, 4.69) is 17.0 Å². The Kier molecular flexibility index (Phi) is 6.62. The molecule has 0 spiro atoms. The molecule has 2 aromatic carbocycles. The largest absolute Gasteiger partial charge is 0.322 e. The molecule has 1 saturated carbocycles. The zero-order valence-electron chi connectivity index (χ0n) is 17.8. The molecule has 0 aromatic heterocycles. The van der Waals surface area contributed by atoms with Crippen LogP contribution in [0.2, 0.25) is 0 Å². The fourth-order valence-corrected chi connectivity index (χ4v) is 5.31. The van der Waals surface area contributed by atoms with E-state index in [0.717, 1.165) is 42.5 Å². The number of nitrogens with one attached hydrogen (secondary N) is 2. The molecule has 0 aliphatic heterocycles. The second-order valence-corrected chi connectivity index (χ2v) is 10.1. The third kappa shape index (κ3) is 4.90. The minimum absolute atomic E-state index is 0.111. The first-order valence-electron chi connectivity index (χ1n) is 10.3. The number of sulfonamides is 1. The van der Waals surface area contributed by atoms with E-state index >= 15 is 0 Å². The molecule has 0 saturated heterocycles. The van der Waals surface area contributed by atoms with Gasteiger partial charge in [0, 0.05) is 11.7 Å². The Morgan fingerprint density at radius 3 is 2.53 bits per heavy atom. The van der Waals surface area contributed by atoms with Crippen LogP contribution in [0.15, 0.2) is 41.3 Å². The standard InChI is InChI=1S/C23H29FN2O3S/c1-14-8-9-16(3)22(12-14)25-23(27)19-13-18(10-11-20(19)24)30(28,29)26-21-7-5-6-15(2)17(21)4/h8-13,15,17,21,26H,5-7H2,1-4H3,(H,25,27)/t15-,17+,21-/m1/s1. The highest BCUT2D eigenvalue weighted by Crippen LogP contribution is 2.30. The first-order chi connectivity index (χ1) is 14.1. The minimum Gasteiger partial charge on any atom is -0.322 e. The fourth-order valence-electron chi connectivity index (χ4n) is 3.92. The molecule has 3 atom stereocenters. The van der Waals surface area contributed by atoms with Crippen LogP contribution in [-0.4, -0.2) is 20.4 Å². The van der Waals surface area contributed by atoms with Gasteiger partial charge in [0.15, 0.2) is 0 Å². The van der Waals surface area contributed by atoms with Gasteiger partial charge < -0.3 is 5.32 Å². The Morgan fingerprint density at radius 2 is 1.80 bits per heavy atom. The summed E-state index contributed by atoms with van der Waals surface area (Å²) in [6, 6.07) is 8.73. The zero-order valence-corrected chi connectivity index (χ0v) is 18.6. The van der Waals surface area contributed by atoms with Gasteiger partial charge >= 0.3 is 0 Å². The molecule has 5 nitrogen and oxygen atoms in total. The summed E-state index contributed by atoms with van der Waals surface area (Å²) >= 11 is 0. The molecule has 0 bridgehead atoms. The number of anilines is 1. The molecule has 3 rings (SSSR count). The number of aryl methyl sites for hydroxylation is 2. The molecule has 2 aromatic rings. The van der Waals surface area contributed by atoms with Gasteiger partial charge in [0.2, 0.25) is 10.0 Å². The van der Waals surface area contributed by atoms with Crippen molar-refractivity contribution in [2.24, 2.45) is 11.8 Å². The smallest absolute Gasteiger partial charge is 0.258 e. The second-order valence-electron chi connectivity index (χ2n) is 8.41. The van der Waals surface area contributed by atoms with Gasteiger partial charge in [0.25, 0.3) is 5.91 Å². The van der Waals surface area contributed by atoms with Crippen molar-refractivity contribution in [2.45, 2.75) is 57.9 Å². The Balaban J connectivity index is 1.85. The van der Waals surface area contributed by atoms with Gasteiger partial charge in [-0.1, -0.05) is 38.8 Å². The van der Waals surface area contributed by atoms with E-state index in [0.29, 0.717) is 11.6 Å². The van der Waals surface area contributed by atoms with E-state index in [9.17, 15) is 17.6 Å². The molecule has 0 unspecified atom stereocenters. The monoisotopic (exact) mass is 432 g/mol. The van der Waals surface area contributed by atoms with Gasteiger partial charge in [0.1, 0.15) is 5.82 Å². The summed E-state index contributed by atoms with van der Waals surface area (Å²) in [6.07, 6.45) is 2.82. The van der Waals surface area contributed by atoms with Gasteiger partial charge in [-0.25, -0.2) is 17.5 Å². The highest BCUT2D eigenvalue weighted by atomic mass is 32.2. The lowest BCUT2D eigenvalue weighted by Gasteiger charge is -2.34. The quantitative estimate of drug-likeness (QED) is 0.713. The average Bonchev–Trinajstić information content (AvgIpc) is 2.68. The summed E-state index contributed by atoms with van der Waals surface area (Å²) < 4.78 is 43.0. The summed E-state index contributed by atoms with van der Waals surface area (Å²) in [7, 11) is -3.87. The van der Waals surface area contributed by atoms with Crippen LogP contribution >= 0.6 is 0 Å². The van der Waals surface area contributed by atoms with Crippen LogP contribution in [0.4, 0.5) is 10.1 Å². The summed E-state index contributed by atoms with van der Waals surface area (Å²) in [5, 5.41) is 2.69. The predicted octanol–water partition coefficient (Wildman–Crippen LogP) is 4.80. The van der Waals surface area contributed by atoms with Gasteiger partial charge in [-0.2, -0.15) is 0 Å². The highest BCUT2D eigenvalue weighted by molar-refractivity contribution is 7.89. The molecular weight excluding hydrogens is 403 g/mol. The van der Waals surface area contributed by atoms with E-state index in [4.69, 9.17) is 0 Å². The van der Waals surface area contributed by atoms with Crippen LogP contribution in [0.25, 0.3) is 0 Å². The molecule has 2 N–H and O–H groups in total. The lowest BCUT2D eigenvalue weighted by Crippen LogP contribution is -2.43. The third-order valence-electron chi connectivity index (χ3n) is 6.15. The van der Waals surface area contributed by atoms with Crippen molar-refractivity contribution in [3.05, 3.63) is 58.9 Å². The highest BCUT2D eigenvalue weighted by Gasteiger charge is 2.31. The van der Waals surface area contributed by atoms with Gasteiger partial charge in [0.05, 0.1) is 10.5 Å². The molecule has 1 fully saturated rings. The molecule has 162 valence electrons. The van der Waals surface area contributed by atoms with Crippen LogP contribution in [0.1, 0.15) is 54.6 Å². The second kappa shape index (κ2) is 8.86. The molecule has 1 amide bonds. The fraction of sp³-hybridized carbons (Fsp3) is 0.435. The summed E-state index contributed by atoms with van der Waals surface area (Å²) in [5.41, 5.74) is 2.05. The minimum atomic E-state index is -3.87. The van der Waals surface area contributed by atoms with Crippen molar-refractivity contribution in [2.75, 3.05) is 5.32 Å². The Morgan fingerprint density at radius 1 is 1.07 bits per heavy atom. The number of amides is 1. The van der Waals surface area contributed by atoms with Crippen LogP contribution in [0, 0.1) is 31.5 Å².